The molecular weight excluding hydrogens is 302 g/mol. The second kappa shape index (κ2) is 7.13. The molecule has 0 fully saturated rings. The van der Waals surface area contributed by atoms with Gasteiger partial charge in [-0.3, -0.25) is 4.79 Å². The van der Waals surface area contributed by atoms with Crippen LogP contribution in [0.5, 0.6) is 0 Å². The summed E-state index contributed by atoms with van der Waals surface area (Å²) in [5.41, 5.74) is 0.927. The average molecular weight is 320 g/mol. The Morgan fingerprint density at radius 1 is 1.22 bits per heavy atom. The summed E-state index contributed by atoms with van der Waals surface area (Å²) in [7, 11) is 0. The molecule has 2 N–H and O–H groups in total. The molecule has 1 aromatic carbocycles. The first-order valence-electron chi connectivity index (χ1n) is 7.27. The van der Waals surface area contributed by atoms with Crippen LogP contribution >= 0.6 is 0 Å². The van der Waals surface area contributed by atoms with Gasteiger partial charge in [-0.05, 0) is 38.5 Å². The monoisotopic (exact) mass is 320 g/mol. The number of carbonyl (C=O) groups is 1. The van der Waals surface area contributed by atoms with E-state index in [1.165, 1.54) is 12.1 Å². The number of nitrogens with zero attached hydrogens (tertiary/aromatic N) is 2. The third-order valence-corrected chi connectivity index (χ3v) is 3.25. The van der Waals surface area contributed by atoms with Gasteiger partial charge in [0, 0.05) is 23.5 Å². The third-order valence-electron chi connectivity index (χ3n) is 3.25. The minimum Gasteiger partial charge on any atom is -0.352 e. The Balaban J connectivity index is 2.19. The molecule has 5 nitrogen and oxygen atoms in total. The maximum Gasteiger partial charge on any atom is 0.274 e. The zero-order valence-electron chi connectivity index (χ0n) is 13.2. The van der Waals surface area contributed by atoms with Gasteiger partial charge in [0.1, 0.15) is 5.69 Å². The van der Waals surface area contributed by atoms with Crippen molar-refractivity contribution in [2.24, 2.45) is 0 Å². The van der Waals surface area contributed by atoms with Gasteiger partial charge in [0.2, 0.25) is 5.95 Å². The van der Waals surface area contributed by atoms with E-state index in [1.54, 1.807) is 6.92 Å². The van der Waals surface area contributed by atoms with Crippen LogP contribution in [0.1, 0.15) is 36.5 Å². The number of carbonyl (C=O) groups excluding carboxylic acids is 1. The predicted octanol–water partition coefficient (Wildman–Crippen LogP) is 3.53. The average Bonchev–Trinajstić information content (AvgIpc) is 2.50. The van der Waals surface area contributed by atoms with Gasteiger partial charge in [-0.1, -0.05) is 6.92 Å². The molecule has 2 aromatic rings. The number of nitrogens with one attached hydrogen (secondary N) is 2. The fourth-order valence-corrected chi connectivity index (χ4v) is 1.84. The topological polar surface area (TPSA) is 66.9 Å². The second-order valence-electron chi connectivity index (χ2n) is 5.25. The van der Waals surface area contributed by atoms with E-state index >= 15 is 0 Å². The number of anilines is 2. The molecule has 7 heteroatoms. The number of hydrogen-bond donors (Lipinski definition) is 2. The van der Waals surface area contributed by atoms with Crippen LogP contribution in [0, 0.1) is 18.6 Å². The highest BCUT2D eigenvalue weighted by Gasteiger charge is 2.13. The van der Waals surface area contributed by atoms with Gasteiger partial charge in [0.15, 0.2) is 11.6 Å². The lowest BCUT2D eigenvalue weighted by molar-refractivity contribution is 0.102. The van der Waals surface area contributed by atoms with Gasteiger partial charge >= 0.3 is 0 Å². The minimum absolute atomic E-state index is 0.146. The van der Waals surface area contributed by atoms with Gasteiger partial charge in [0.05, 0.1) is 0 Å². The van der Waals surface area contributed by atoms with Gasteiger partial charge in [-0.15, -0.1) is 0 Å². The summed E-state index contributed by atoms with van der Waals surface area (Å²) in [5.74, 6) is -2.16. The quantitative estimate of drug-likeness (QED) is 0.884. The largest absolute Gasteiger partial charge is 0.352 e. The number of aromatic nitrogens is 2. The molecule has 1 atom stereocenters. The van der Waals surface area contributed by atoms with Crippen LogP contribution in [-0.2, 0) is 0 Å². The molecular formula is C16H18F2N4O. The number of halogens is 2. The van der Waals surface area contributed by atoms with E-state index in [9.17, 15) is 13.6 Å². The molecule has 122 valence electrons. The van der Waals surface area contributed by atoms with Crippen molar-refractivity contribution in [1.29, 1.82) is 0 Å². The van der Waals surface area contributed by atoms with E-state index in [0.717, 1.165) is 18.6 Å². The van der Waals surface area contributed by atoms with Crippen molar-refractivity contribution < 1.29 is 13.6 Å². The van der Waals surface area contributed by atoms with E-state index in [4.69, 9.17) is 0 Å². The highest BCUT2D eigenvalue weighted by molar-refractivity contribution is 6.03. The Bertz CT molecular complexity index is 721. The summed E-state index contributed by atoms with van der Waals surface area (Å²) in [6.07, 6.45) is 0.883. The zero-order chi connectivity index (χ0) is 17.0. The summed E-state index contributed by atoms with van der Waals surface area (Å²) in [4.78, 5) is 20.6. The summed E-state index contributed by atoms with van der Waals surface area (Å²) >= 11 is 0. The predicted molar refractivity (Wildman–Crippen MR) is 84.5 cm³/mol. The standard InChI is InChI=1S/C16H18F2N4O/c1-4-9(2)19-16-20-10(3)7-14(22-16)15(23)21-11-5-6-12(17)13(18)8-11/h5-9H,4H2,1-3H3,(H,21,23)(H,19,20,22). The molecule has 23 heavy (non-hydrogen) atoms. The molecule has 1 amide bonds. The summed E-state index contributed by atoms with van der Waals surface area (Å²) in [6.45, 7) is 5.74. The van der Waals surface area contributed by atoms with E-state index in [-0.39, 0.29) is 17.4 Å². The molecule has 0 aliphatic carbocycles. The Morgan fingerprint density at radius 2 is 1.96 bits per heavy atom. The van der Waals surface area contributed by atoms with Crippen molar-refractivity contribution in [3.05, 3.63) is 47.3 Å². The molecule has 0 saturated carbocycles. The normalized spacial score (nSPS) is 11.9. The van der Waals surface area contributed by atoms with E-state index < -0.39 is 17.5 Å². The first-order valence-corrected chi connectivity index (χ1v) is 7.27. The fourth-order valence-electron chi connectivity index (χ4n) is 1.84. The number of amides is 1. The Morgan fingerprint density at radius 3 is 2.61 bits per heavy atom. The molecule has 0 spiro atoms. The van der Waals surface area contributed by atoms with Crippen molar-refractivity contribution in [3.8, 4) is 0 Å². The second-order valence-corrected chi connectivity index (χ2v) is 5.25. The molecule has 1 unspecified atom stereocenters. The van der Waals surface area contributed by atoms with Crippen LogP contribution in [0.4, 0.5) is 20.4 Å². The van der Waals surface area contributed by atoms with Crippen molar-refractivity contribution >= 4 is 17.5 Å². The molecule has 0 bridgehead atoms. The Hall–Kier alpha value is -2.57. The third kappa shape index (κ3) is 4.45. The van der Waals surface area contributed by atoms with E-state index in [1.807, 2.05) is 13.8 Å². The Labute approximate surface area is 133 Å². The van der Waals surface area contributed by atoms with Gasteiger partial charge in [-0.25, -0.2) is 18.7 Å². The maximum absolute atomic E-state index is 13.2. The molecule has 1 aromatic heterocycles. The van der Waals surface area contributed by atoms with Gasteiger partial charge in [0.25, 0.3) is 5.91 Å². The minimum atomic E-state index is -1.03. The highest BCUT2D eigenvalue weighted by Crippen LogP contribution is 2.15. The van der Waals surface area contributed by atoms with Crippen LogP contribution in [0.25, 0.3) is 0 Å². The lowest BCUT2D eigenvalue weighted by Gasteiger charge is -2.13. The SMILES string of the molecule is CCC(C)Nc1nc(C)cc(C(=O)Nc2ccc(F)c(F)c2)n1. The van der Waals surface area contributed by atoms with Crippen molar-refractivity contribution in [2.75, 3.05) is 10.6 Å². The molecule has 0 radical (unpaired) electrons. The van der Waals surface area contributed by atoms with Crippen molar-refractivity contribution in [2.45, 2.75) is 33.2 Å². The number of hydrogen-bond acceptors (Lipinski definition) is 4. The lowest BCUT2D eigenvalue weighted by Crippen LogP contribution is -2.19. The Kier molecular flexibility index (Phi) is 5.20. The number of aryl methyl sites for hydroxylation is 1. The van der Waals surface area contributed by atoms with Crippen LogP contribution in [-0.4, -0.2) is 21.9 Å². The summed E-state index contributed by atoms with van der Waals surface area (Å²) in [6, 6.07) is 4.84. The van der Waals surface area contributed by atoms with Gasteiger partial charge < -0.3 is 10.6 Å². The van der Waals surface area contributed by atoms with Crippen molar-refractivity contribution in [1.82, 2.24) is 9.97 Å². The summed E-state index contributed by atoms with van der Waals surface area (Å²) in [5, 5.41) is 5.58. The smallest absolute Gasteiger partial charge is 0.274 e. The van der Waals surface area contributed by atoms with Crippen LogP contribution in [0.2, 0.25) is 0 Å². The number of benzene rings is 1. The zero-order valence-corrected chi connectivity index (χ0v) is 13.2. The first kappa shape index (κ1) is 16.8. The molecule has 1 heterocycles. The highest BCUT2D eigenvalue weighted by atomic mass is 19.2. The number of rotatable bonds is 5. The molecule has 0 saturated heterocycles. The van der Waals surface area contributed by atoms with Crippen LogP contribution < -0.4 is 10.6 Å². The fraction of sp³-hybridized carbons (Fsp3) is 0.312. The van der Waals surface area contributed by atoms with Crippen LogP contribution in [0.3, 0.4) is 0 Å². The molecule has 2 rings (SSSR count). The molecule has 0 aliphatic rings. The lowest BCUT2D eigenvalue weighted by atomic mass is 10.2. The van der Waals surface area contributed by atoms with E-state index in [2.05, 4.69) is 20.6 Å². The maximum atomic E-state index is 13.2. The van der Waals surface area contributed by atoms with Gasteiger partial charge in [-0.2, -0.15) is 0 Å². The van der Waals surface area contributed by atoms with Crippen LogP contribution in [0.15, 0.2) is 24.3 Å². The first-order chi connectivity index (χ1) is 10.9. The summed E-state index contributed by atoms with van der Waals surface area (Å²) < 4.78 is 26.1. The molecule has 0 aliphatic heterocycles. The van der Waals surface area contributed by atoms with Crippen molar-refractivity contribution in [3.63, 3.8) is 0 Å². The van der Waals surface area contributed by atoms with E-state index in [0.29, 0.717) is 11.6 Å².